The Bertz CT molecular complexity index is 785. The van der Waals surface area contributed by atoms with Gasteiger partial charge in [-0.2, -0.15) is 5.26 Å². The Morgan fingerprint density at radius 2 is 1.92 bits per heavy atom. The normalized spacial score (nSPS) is 11.0. The van der Waals surface area contributed by atoms with E-state index in [0.29, 0.717) is 29.9 Å². The van der Waals surface area contributed by atoms with Gasteiger partial charge in [0.2, 0.25) is 0 Å². The average molecular weight is 321 g/mol. The third-order valence-corrected chi connectivity index (χ3v) is 3.90. The van der Waals surface area contributed by atoms with Gasteiger partial charge in [0.15, 0.2) is 0 Å². The summed E-state index contributed by atoms with van der Waals surface area (Å²) in [6.07, 6.45) is 0.844. The monoisotopic (exact) mass is 321 g/mol. The predicted octanol–water partition coefficient (Wildman–Crippen LogP) is 4.01. The van der Waals surface area contributed by atoms with Crippen LogP contribution >= 0.6 is 0 Å². The third-order valence-electron chi connectivity index (χ3n) is 3.90. The van der Waals surface area contributed by atoms with Crippen LogP contribution in [-0.4, -0.2) is 20.2 Å². The Morgan fingerprint density at radius 1 is 1.12 bits per heavy atom. The van der Waals surface area contributed by atoms with Crippen molar-refractivity contribution in [3.63, 3.8) is 0 Å². The van der Waals surface area contributed by atoms with E-state index >= 15 is 0 Å². The molecule has 0 aliphatic heterocycles. The summed E-state index contributed by atoms with van der Waals surface area (Å²) in [5.41, 5.74) is 2.10. The van der Waals surface area contributed by atoms with E-state index < -0.39 is 0 Å². The van der Waals surface area contributed by atoms with E-state index in [0.717, 1.165) is 11.1 Å². The first-order valence-electron chi connectivity index (χ1n) is 7.64. The van der Waals surface area contributed by atoms with Crippen LogP contribution < -0.4 is 9.47 Å². The number of methoxy groups -OCH3 is 2. The van der Waals surface area contributed by atoms with Crippen LogP contribution in [0.4, 0.5) is 0 Å². The van der Waals surface area contributed by atoms with Gasteiger partial charge in [-0.15, -0.1) is 0 Å². The van der Waals surface area contributed by atoms with E-state index in [1.807, 2.05) is 42.5 Å². The molecule has 2 aromatic rings. The summed E-state index contributed by atoms with van der Waals surface area (Å²) >= 11 is 0. The van der Waals surface area contributed by atoms with Crippen LogP contribution in [-0.2, 0) is 4.79 Å². The fourth-order valence-corrected chi connectivity index (χ4v) is 2.74. The first kappa shape index (κ1) is 17.3. The molecular weight excluding hydrogens is 302 g/mol. The minimum absolute atomic E-state index is 0.273. The van der Waals surface area contributed by atoms with Crippen LogP contribution in [0.15, 0.2) is 48.5 Å². The summed E-state index contributed by atoms with van der Waals surface area (Å²) in [4.78, 5) is 11.8. The summed E-state index contributed by atoms with van der Waals surface area (Å²) < 4.78 is 10.7. The molecule has 24 heavy (non-hydrogen) atoms. The second-order valence-electron chi connectivity index (χ2n) is 5.24. The number of nitriles is 1. The van der Waals surface area contributed by atoms with E-state index in [4.69, 9.17) is 14.7 Å². The Kier molecular flexibility index (Phi) is 6.19. The van der Waals surface area contributed by atoms with Gasteiger partial charge in [0.05, 0.1) is 25.9 Å². The van der Waals surface area contributed by atoms with Crippen molar-refractivity contribution in [2.75, 3.05) is 14.2 Å². The maximum absolute atomic E-state index is 11.8. The minimum atomic E-state index is -0.273. The standard InChI is InChI=1S/C20H19NO3/c1-23-16-8-5-7-15(13-16)19(14-22)17(10-6-12-21)18-9-3-4-11-20(18)24-2/h3-5,7-9,11,13,17H,6,10H2,1-2H3. The lowest BCUT2D eigenvalue weighted by molar-refractivity contribution is 0.407. The van der Waals surface area contributed by atoms with Crippen molar-refractivity contribution >= 4 is 11.5 Å². The van der Waals surface area contributed by atoms with Crippen molar-refractivity contribution in [3.8, 4) is 17.6 Å². The van der Waals surface area contributed by atoms with Crippen molar-refractivity contribution in [2.45, 2.75) is 18.8 Å². The molecule has 4 heteroatoms. The zero-order chi connectivity index (χ0) is 17.4. The molecule has 0 aliphatic rings. The fourth-order valence-electron chi connectivity index (χ4n) is 2.74. The molecule has 1 unspecified atom stereocenters. The molecule has 0 aromatic heterocycles. The number of carbonyl (C=O) groups excluding carboxylic acids is 1. The van der Waals surface area contributed by atoms with Crippen molar-refractivity contribution in [2.24, 2.45) is 0 Å². The number of allylic oxidation sites excluding steroid dienone is 1. The molecule has 0 radical (unpaired) electrons. The molecule has 0 bridgehead atoms. The molecule has 4 nitrogen and oxygen atoms in total. The van der Waals surface area contributed by atoms with Crippen LogP contribution in [0.25, 0.3) is 5.57 Å². The molecule has 0 aliphatic carbocycles. The van der Waals surface area contributed by atoms with Crippen LogP contribution in [0.1, 0.15) is 29.9 Å². The van der Waals surface area contributed by atoms with Crippen LogP contribution in [0.2, 0.25) is 0 Å². The molecule has 2 rings (SSSR count). The molecule has 0 saturated heterocycles. The topological polar surface area (TPSA) is 59.3 Å². The molecule has 0 spiro atoms. The predicted molar refractivity (Wildman–Crippen MR) is 92.7 cm³/mol. The smallest absolute Gasteiger partial charge is 0.129 e. The van der Waals surface area contributed by atoms with E-state index in [9.17, 15) is 4.79 Å². The first-order valence-corrected chi connectivity index (χ1v) is 7.64. The van der Waals surface area contributed by atoms with Gasteiger partial charge in [-0.1, -0.05) is 30.3 Å². The quantitative estimate of drug-likeness (QED) is 0.723. The van der Waals surface area contributed by atoms with E-state index in [1.165, 1.54) is 0 Å². The second-order valence-corrected chi connectivity index (χ2v) is 5.24. The van der Waals surface area contributed by atoms with Crippen LogP contribution in [0.5, 0.6) is 11.5 Å². The average Bonchev–Trinajstić information content (AvgIpc) is 2.65. The molecule has 122 valence electrons. The second kappa shape index (κ2) is 8.57. The highest BCUT2D eigenvalue weighted by atomic mass is 16.5. The van der Waals surface area contributed by atoms with Crippen molar-refractivity contribution < 1.29 is 14.3 Å². The van der Waals surface area contributed by atoms with E-state index in [2.05, 4.69) is 12.0 Å². The SMILES string of the molecule is COc1cccc(C(=C=O)C(CCC#N)c2ccccc2OC)c1. The zero-order valence-corrected chi connectivity index (χ0v) is 13.8. The lowest BCUT2D eigenvalue weighted by Gasteiger charge is -2.20. The minimum Gasteiger partial charge on any atom is -0.497 e. The molecule has 0 fully saturated rings. The van der Waals surface area contributed by atoms with Crippen LogP contribution in [0, 0.1) is 11.3 Å². The number of benzene rings is 2. The molecule has 0 N–H and O–H groups in total. The summed E-state index contributed by atoms with van der Waals surface area (Å²) in [6.45, 7) is 0. The Morgan fingerprint density at radius 3 is 2.58 bits per heavy atom. The van der Waals surface area contributed by atoms with Gasteiger partial charge in [-0.3, -0.25) is 0 Å². The highest BCUT2D eigenvalue weighted by molar-refractivity contribution is 5.91. The van der Waals surface area contributed by atoms with Gasteiger partial charge in [-0.05, 0) is 30.2 Å². The van der Waals surface area contributed by atoms with Gasteiger partial charge in [0.25, 0.3) is 0 Å². The summed E-state index contributed by atoms with van der Waals surface area (Å²) in [7, 11) is 3.17. The molecule has 1 atom stereocenters. The Labute approximate surface area is 141 Å². The van der Waals surface area contributed by atoms with E-state index in [-0.39, 0.29) is 5.92 Å². The van der Waals surface area contributed by atoms with Gasteiger partial charge in [0.1, 0.15) is 17.4 Å². The molecule has 0 amide bonds. The van der Waals surface area contributed by atoms with Gasteiger partial charge < -0.3 is 9.47 Å². The molecule has 0 saturated carbocycles. The number of rotatable bonds is 7. The van der Waals surface area contributed by atoms with Crippen molar-refractivity contribution in [3.05, 3.63) is 59.7 Å². The zero-order valence-electron chi connectivity index (χ0n) is 13.8. The summed E-state index contributed by atoms with van der Waals surface area (Å²) in [6, 6.07) is 17.0. The van der Waals surface area contributed by atoms with Crippen molar-refractivity contribution in [1.82, 2.24) is 0 Å². The van der Waals surface area contributed by atoms with Gasteiger partial charge in [-0.25, -0.2) is 4.79 Å². The lowest BCUT2D eigenvalue weighted by Crippen LogP contribution is -2.05. The highest BCUT2D eigenvalue weighted by Crippen LogP contribution is 2.39. The van der Waals surface area contributed by atoms with Gasteiger partial charge >= 0.3 is 0 Å². The maximum Gasteiger partial charge on any atom is 0.129 e. The molecule has 0 heterocycles. The van der Waals surface area contributed by atoms with Crippen LogP contribution in [0.3, 0.4) is 0 Å². The highest BCUT2D eigenvalue weighted by Gasteiger charge is 2.23. The third kappa shape index (κ3) is 3.84. The maximum atomic E-state index is 11.8. The number of nitrogens with zero attached hydrogens (tertiary/aromatic N) is 1. The number of para-hydroxylation sites is 1. The Balaban J connectivity index is 2.52. The first-order chi connectivity index (χ1) is 11.7. The number of hydrogen-bond donors (Lipinski definition) is 0. The number of hydrogen-bond acceptors (Lipinski definition) is 4. The van der Waals surface area contributed by atoms with Gasteiger partial charge in [0, 0.05) is 17.9 Å². The van der Waals surface area contributed by atoms with Crippen molar-refractivity contribution in [1.29, 1.82) is 5.26 Å². The largest absolute Gasteiger partial charge is 0.497 e. The Hall–Kier alpha value is -3.02. The molecular formula is C20H19NO3. The lowest BCUT2D eigenvalue weighted by atomic mass is 9.84. The van der Waals surface area contributed by atoms with E-state index in [1.54, 1.807) is 20.3 Å². The summed E-state index contributed by atoms with van der Waals surface area (Å²) in [5.74, 6) is 3.16. The molecule has 2 aromatic carbocycles. The summed E-state index contributed by atoms with van der Waals surface area (Å²) in [5, 5.41) is 8.99. The number of ether oxygens (including phenoxy) is 2. The fraction of sp³-hybridized carbons (Fsp3) is 0.250.